The SMILES string of the molecule is COC(=O)NC1CCN(C(=O)c2cc(Br)cn2C(C)C)C1. The number of likely N-dealkylation sites (tertiary alicyclic amines) is 1. The number of nitrogens with zero attached hydrogens (tertiary/aromatic N) is 2. The van der Waals surface area contributed by atoms with Crippen LogP contribution >= 0.6 is 15.9 Å². The molecule has 0 aliphatic carbocycles. The van der Waals surface area contributed by atoms with Crippen LogP contribution in [0.3, 0.4) is 0 Å². The van der Waals surface area contributed by atoms with E-state index in [-0.39, 0.29) is 18.0 Å². The Morgan fingerprint density at radius 1 is 1.48 bits per heavy atom. The highest BCUT2D eigenvalue weighted by Gasteiger charge is 2.30. The number of ether oxygens (including phenoxy) is 1. The van der Waals surface area contributed by atoms with E-state index in [0.717, 1.165) is 10.9 Å². The van der Waals surface area contributed by atoms with Crippen molar-refractivity contribution < 1.29 is 14.3 Å². The minimum absolute atomic E-state index is 0.0106. The number of halogens is 1. The number of hydrogen-bond donors (Lipinski definition) is 1. The molecule has 1 fully saturated rings. The zero-order valence-electron chi connectivity index (χ0n) is 12.4. The molecule has 0 saturated carbocycles. The molecule has 1 N–H and O–H groups in total. The van der Waals surface area contributed by atoms with Gasteiger partial charge in [-0.25, -0.2) is 4.79 Å². The molecule has 7 heteroatoms. The van der Waals surface area contributed by atoms with E-state index in [1.165, 1.54) is 7.11 Å². The predicted molar refractivity (Wildman–Crippen MR) is 82.4 cm³/mol. The number of nitrogens with one attached hydrogen (secondary N) is 1. The molecular weight excluding hydrogens is 338 g/mol. The fraction of sp³-hybridized carbons (Fsp3) is 0.571. The topological polar surface area (TPSA) is 63.6 Å². The summed E-state index contributed by atoms with van der Waals surface area (Å²) in [6, 6.07) is 2.00. The van der Waals surface area contributed by atoms with Gasteiger partial charge in [0.15, 0.2) is 0 Å². The zero-order valence-corrected chi connectivity index (χ0v) is 14.0. The van der Waals surface area contributed by atoms with Gasteiger partial charge in [-0.2, -0.15) is 0 Å². The summed E-state index contributed by atoms with van der Waals surface area (Å²) in [6.45, 7) is 5.22. The summed E-state index contributed by atoms with van der Waals surface area (Å²) in [5.41, 5.74) is 0.663. The van der Waals surface area contributed by atoms with E-state index >= 15 is 0 Å². The van der Waals surface area contributed by atoms with E-state index in [0.29, 0.717) is 18.8 Å². The Morgan fingerprint density at radius 2 is 2.19 bits per heavy atom. The molecule has 6 nitrogen and oxygen atoms in total. The Hall–Kier alpha value is -1.50. The maximum Gasteiger partial charge on any atom is 0.407 e. The summed E-state index contributed by atoms with van der Waals surface area (Å²) in [5.74, 6) is -0.0106. The molecule has 1 aliphatic heterocycles. The van der Waals surface area contributed by atoms with Crippen molar-refractivity contribution in [2.45, 2.75) is 32.4 Å². The molecule has 0 bridgehead atoms. The van der Waals surface area contributed by atoms with Gasteiger partial charge in [-0.1, -0.05) is 0 Å². The summed E-state index contributed by atoms with van der Waals surface area (Å²) in [4.78, 5) is 25.6. The number of alkyl carbamates (subject to hydrolysis) is 1. The highest BCUT2D eigenvalue weighted by Crippen LogP contribution is 2.22. The third kappa shape index (κ3) is 3.58. The van der Waals surface area contributed by atoms with Crippen molar-refractivity contribution in [3.05, 3.63) is 22.4 Å². The molecule has 2 rings (SSSR count). The summed E-state index contributed by atoms with van der Waals surface area (Å²) < 4.78 is 7.43. The first-order chi connectivity index (χ1) is 9.92. The van der Waals surface area contributed by atoms with Gasteiger partial charge in [-0.15, -0.1) is 0 Å². The molecule has 0 spiro atoms. The van der Waals surface area contributed by atoms with Gasteiger partial charge in [0.25, 0.3) is 5.91 Å². The second-order valence-corrected chi connectivity index (χ2v) is 6.33. The zero-order chi connectivity index (χ0) is 15.6. The number of hydrogen-bond acceptors (Lipinski definition) is 3. The highest BCUT2D eigenvalue weighted by molar-refractivity contribution is 9.10. The van der Waals surface area contributed by atoms with Gasteiger partial charge in [-0.3, -0.25) is 4.79 Å². The van der Waals surface area contributed by atoms with Crippen LogP contribution in [0, 0.1) is 0 Å². The van der Waals surface area contributed by atoms with Crippen LogP contribution in [0.15, 0.2) is 16.7 Å². The Bertz CT molecular complexity index is 542. The Balaban J connectivity index is 2.06. The van der Waals surface area contributed by atoms with Gasteiger partial charge in [0, 0.05) is 29.8 Å². The average molecular weight is 358 g/mol. The molecule has 21 heavy (non-hydrogen) atoms. The van der Waals surface area contributed by atoms with Crippen molar-refractivity contribution in [2.75, 3.05) is 20.2 Å². The van der Waals surface area contributed by atoms with Crippen LogP contribution in [0.5, 0.6) is 0 Å². The molecule has 1 aliphatic rings. The van der Waals surface area contributed by atoms with Crippen LogP contribution in [0.25, 0.3) is 0 Å². The van der Waals surface area contributed by atoms with Gasteiger partial charge in [-0.05, 0) is 42.3 Å². The quantitative estimate of drug-likeness (QED) is 0.903. The average Bonchev–Trinajstić information content (AvgIpc) is 3.04. The molecule has 1 aromatic rings. The maximum atomic E-state index is 12.6. The summed E-state index contributed by atoms with van der Waals surface area (Å²) in [5, 5.41) is 2.74. The molecule has 2 amide bonds. The highest BCUT2D eigenvalue weighted by atomic mass is 79.9. The fourth-order valence-corrected chi connectivity index (χ4v) is 2.93. The second kappa shape index (κ2) is 6.51. The Labute approximate surface area is 132 Å². The number of aromatic nitrogens is 1. The lowest BCUT2D eigenvalue weighted by molar-refractivity contribution is 0.0776. The fourth-order valence-electron chi connectivity index (χ4n) is 2.49. The van der Waals surface area contributed by atoms with Crippen LogP contribution in [-0.2, 0) is 4.74 Å². The third-order valence-electron chi connectivity index (χ3n) is 3.57. The smallest absolute Gasteiger partial charge is 0.407 e. The number of methoxy groups -OCH3 is 1. The standard InChI is InChI=1S/C14H20BrN3O3/c1-9(2)18-7-10(15)6-12(18)13(19)17-5-4-11(8-17)16-14(20)21-3/h6-7,9,11H,4-5,8H2,1-3H3,(H,16,20). The monoisotopic (exact) mass is 357 g/mol. The van der Waals surface area contributed by atoms with E-state index in [9.17, 15) is 9.59 Å². The lowest BCUT2D eigenvalue weighted by Crippen LogP contribution is -2.38. The van der Waals surface area contributed by atoms with Gasteiger partial charge < -0.3 is 19.5 Å². The van der Waals surface area contributed by atoms with Crippen LogP contribution < -0.4 is 5.32 Å². The van der Waals surface area contributed by atoms with Crippen LogP contribution in [0.2, 0.25) is 0 Å². The molecule has 1 atom stereocenters. The van der Waals surface area contributed by atoms with Gasteiger partial charge in [0.2, 0.25) is 0 Å². The largest absolute Gasteiger partial charge is 0.453 e. The minimum atomic E-state index is -0.456. The van der Waals surface area contributed by atoms with Crippen molar-refractivity contribution in [3.8, 4) is 0 Å². The first-order valence-corrected chi connectivity index (χ1v) is 7.72. The van der Waals surface area contributed by atoms with E-state index in [1.807, 2.05) is 30.7 Å². The van der Waals surface area contributed by atoms with Gasteiger partial charge in [0.05, 0.1) is 13.2 Å². The number of rotatable bonds is 3. The first-order valence-electron chi connectivity index (χ1n) is 6.93. The normalized spacial score (nSPS) is 18.1. The third-order valence-corrected chi connectivity index (χ3v) is 4.01. The number of carbonyl (C=O) groups excluding carboxylic acids is 2. The summed E-state index contributed by atoms with van der Waals surface area (Å²) in [7, 11) is 1.33. The Kier molecular flexibility index (Phi) is 4.92. The van der Waals surface area contributed by atoms with Crippen molar-refractivity contribution in [1.82, 2.24) is 14.8 Å². The van der Waals surface area contributed by atoms with E-state index < -0.39 is 6.09 Å². The van der Waals surface area contributed by atoms with Gasteiger partial charge >= 0.3 is 6.09 Å². The second-order valence-electron chi connectivity index (χ2n) is 5.42. The van der Waals surface area contributed by atoms with Crippen molar-refractivity contribution in [1.29, 1.82) is 0 Å². The molecule has 116 valence electrons. The van der Waals surface area contributed by atoms with Crippen molar-refractivity contribution in [3.63, 3.8) is 0 Å². The number of amides is 2. The molecular formula is C14H20BrN3O3. The van der Waals surface area contributed by atoms with Gasteiger partial charge in [0.1, 0.15) is 5.69 Å². The van der Waals surface area contributed by atoms with E-state index in [4.69, 9.17) is 0 Å². The van der Waals surface area contributed by atoms with E-state index in [1.54, 1.807) is 4.90 Å². The van der Waals surface area contributed by atoms with Crippen LogP contribution in [-0.4, -0.2) is 47.7 Å². The minimum Gasteiger partial charge on any atom is -0.453 e. The summed E-state index contributed by atoms with van der Waals surface area (Å²) >= 11 is 3.42. The maximum absolute atomic E-state index is 12.6. The molecule has 1 saturated heterocycles. The Morgan fingerprint density at radius 3 is 2.81 bits per heavy atom. The molecule has 2 heterocycles. The molecule has 1 unspecified atom stereocenters. The summed E-state index contributed by atoms with van der Waals surface area (Å²) in [6.07, 6.45) is 2.20. The van der Waals surface area contributed by atoms with Crippen molar-refractivity contribution >= 4 is 27.9 Å². The van der Waals surface area contributed by atoms with Crippen LogP contribution in [0.1, 0.15) is 36.8 Å². The number of carbonyl (C=O) groups is 2. The van der Waals surface area contributed by atoms with Crippen LogP contribution in [0.4, 0.5) is 4.79 Å². The lowest BCUT2D eigenvalue weighted by Gasteiger charge is -2.19. The predicted octanol–water partition coefficient (Wildman–Crippen LogP) is 2.40. The van der Waals surface area contributed by atoms with Crippen molar-refractivity contribution in [2.24, 2.45) is 0 Å². The lowest BCUT2D eigenvalue weighted by atomic mass is 10.3. The molecule has 0 radical (unpaired) electrons. The first kappa shape index (κ1) is 15.9. The molecule has 0 aromatic carbocycles. The molecule has 1 aromatic heterocycles. The van der Waals surface area contributed by atoms with E-state index in [2.05, 4.69) is 26.0 Å².